The van der Waals surface area contributed by atoms with E-state index >= 15 is 0 Å². The van der Waals surface area contributed by atoms with E-state index in [1.54, 1.807) is 0 Å². The molecule has 0 radical (unpaired) electrons. The van der Waals surface area contributed by atoms with Crippen LogP contribution < -0.4 is 14.8 Å². The number of nitrogens with one attached hydrogen (secondary N) is 1. The first kappa shape index (κ1) is 13.1. The summed E-state index contributed by atoms with van der Waals surface area (Å²) < 4.78 is 10.00. The number of hydrogen-bond donors (Lipinski definition) is 1. The molecule has 0 amide bonds. The molecule has 1 N–H and O–H groups in total. The Morgan fingerprint density at radius 1 is 1.06 bits per heavy atom. The number of methoxy groups -OCH3 is 2. The van der Waals surface area contributed by atoms with E-state index in [1.807, 2.05) is 0 Å². The topological polar surface area (TPSA) is 69.2 Å². The van der Waals surface area contributed by atoms with Gasteiger partial charge in [0.1, 0.15) is 0 Å². The van der Waals surface area contributed by atoms with Gasteiger partial charge in [0, 0.05) is 6.04 Å². The van der Waals surface area contributed by atoms with Crippen molar-refractivity contribution >= 4 is 17.5 Å². The standard InChI is InChI=1S/C11H17ClN4O2/c1-17-10-14-9(15-11(16-10)18-2)13-8-6-4-3-5-7(8)12/h7-8H,3-6H2,1-2H3,(H,13,14,15,16). The Bertz CT molecular complexity index is 382. The fourth-order valence-electron chi connectivity index (χ4n) is 2.00. The van der Waals surface area contributed by atoms with Gasteiger partial charge in [-0.1, -0.05) is 12.8 Å². The van der Waals surface area contributed by atoms with Crippen molar-refractivity contribution in [1.29, 1.82) is 0 Å². The molecule has 100 valence electrons. The van der Waals surface area contributed by atoms with E-state index in [4.69, 9.17) is 21.1 Å². The fraction of sp³-hybridized carbons (Fsp3) is 0.727. The molecule has 6 nitrogen and oxygen atoms in total. The summed E-state index contributed by atoms with van der Waals surface area (Å²) in [6, 6.07) is 0.634. The molecular formula is C11H17ClN4O2. The summed E-state index contributed by atoms with van der Waals surface area (Å²) in [5.74, 6) is 0.441. The Morgan fingerprint density at radius 2 is 1.67 bits per heavy atom. The molecule has 2 atom stereocenters. The van der Waals surface area contributed by atoms with Crippen molar-refractivity contribution in [2.75, 3.05) is 19.5 Å². The van der Waals surface area contributed by atoms with Crippen LogP contribution in [0.15, 0.2) is 0 Å². The Kier molecular flexibility index (Phi) is 4.41. The summed E-state index contributed by atoms with van der Waals surface area (Å²) in [5, 5.41) is 3.33. The van der Waals surface area contributed by atoms with Gasteiger partial charge in [0.2, 0.25) is 5.95 Å². The molecule has 0 saturated heterocycles. The van der Waals surface area contributed by atoms with Crippen molar-refractivity contribution in [3.8, 4) is 12.0 Å². The molecule has 1 aromatic heterocycles. The van der Waals surface area contributed by atoms with Crippen LogP contribution >= 0.6 is 11.6 Å². The molecule has 1 aliphatic carbocycles. The van der Waals surface area contributed by atoms with Crippen LogP contribution in [0.3, 0.4) is 0 Å². The van der Waals surface area contributed by atoms with Gasteiger partial charge >= 0.3 is 12.0 Å². The van der Waals surface area contributed by atoms with E-state index in [1.165, 1.54) is 27.1 Å². The van der Waals surface area contributed by atoms with Crippen LogP contribution in [-0.2, 0) is 0 Å². The highest BCUT2D eigenvalue weighted by molar-refractivity contribution is 6.21. The SMILES string of the molecule is COc1nc(NC2CCCCC2Cl)nc(OC)n1. The molecule has 1 saturated carbocycles. The smallest absolute Gasteiger partial charge is 0.324 e. The maximum absolute atomic E-state index is 6.28. The minimum atomic E-state index is 0.104. The monoisotopic (exact) mass is 272 g/mol. The van der Waals surface area contributed by atoms with Crippen molar-refractivity contribution in [2.24, 2.45) is 0 Å². The quantitative estimate of drug-likeness (QED) is 0.844. The summed E-state index contributed by atoms with van der Waals surface area (Å²) in [6.07, 6.45) is 4.37. The number of alkyl halides is 1. The number of halogens is 1. The first-order valence-corrected chi connectivity index (χ1v) is 6.41. The number of ether oxygens (including phenoxy) is 2. The van der Waals surface area contributed by atoms with E-state index in [0.717, 1.165) is 12.8 Å². The van der Waals surface area contributed by atoms with Crippen molar-refractivity contribution in [3.63, 3.8) is 0 Å². The molecule has 1 aliphatic rings. The zero-order valence-electron chi connectivity index (χ0n) is 10.5. The van der Waals surface area contributed by atoms with Crippen LogP contribution in [-0.4, -0.2) is 40.6 Å². The summed E-state index contributed by atoms with van der Waals surface area (Å²) in [6.45, 7) is 0. The Hall–Kier alpha value is -1.30. The molecule has 1 aromatic rings. The summed E-state index contributed by atoms with van der Waals surface area (Å²) in [5.41, 5.74) is 0. The number of anilines is 1. The van der Waals surface area contributed by atoms with Gasteiger partial charge in [0.15, 0.2) is 0 Å². The van der Waals surface area contributed by atoms with Gasteiger partial charge in [0.05, 0.1) is 19.6 Å². The predicted octanol–water partition coefficient (Wildman–Crippen LogP) is 1.85. The molecule has 0 bridgehead atoms. The van der Waals surface area contributed by atoms with E-state index < -0.39 is 0 Å². The van der Waals surface area contributed by atoms with Crippen LogP contribution in [0.1, 0.15) is 25.7 Å². The van der Waals surface area contributed by atoms with Crippen molar-refractivity contribution in [3.05, 3.63) is 0 Å². The molecule has 0 aliphatic heterocycles. The van der Waals surface area contributed by atoms with Crippen molar-refractivity contribution in [2.45, 2.75) is 37.1 Å². The van der Waals surface area contributed by atoms with Crippen molar-refractivity contribution < 1.29 is 9.47 Å². The van der Waals surface area contributed by atoms with E-state index in [2.05, 4.69) is 20.3 Å². The van der Waals surface area contributed by atoms with Gasteiger partial charge in [-0.25, -0.2) is 0 Å². The van der Waals surface area contributed by atoms with Crippen molar-refractivity contribution in [1.82, 2.24) is 15.0 Å². The fourth-order valence-corrected chi connectivity index (χ4v) is 2.34. The lowest BCUT2D eigenvalue weighted by Crippen LogP contribution is -2.33. The Labute approximate surface area is 111 Å². The minimum absolute atomic E-state index is 0.104. The lowest BCUT2D eigenvalue weighted by Gasteiger charge is -2.27. The molecule has 7 heteroatoms. The average molecular weight is 273 g/mol. The lowest BCUT2D eigenvalue weighted by atomic mass is 9.95. The molecular weight excluding hydrogens is 256 g/mol. The second-order valence-electron chi connectivity index (χ2n) is 4.18. The summed E-state index contributed by atoms with van der Waals surface area (Å²) >= 11 is 6.28. The highest BCUT2D eigenvalue weighted by Crippen LogP contribution is 2.25. The third-order valence-electron chi connectivity index (χ3n) is 2.96. The van der Waals surface area contributed by atoms with E-state index in [9.17, 15) is 0 Å². The van der Waals surface area contributed by atoms with Crippen LogP contribution in [0.4, 0.5) is 5.95 Å². The highest BCUT2D eigenvalue weighted by atomic mass is 35.5. The maximum Gasteiger partial charge on any atom is 0.324 e. The van der Waals surface area contributed by atoms with Gasteiger partial charge in [-0.3, -0.25) is 0 Å². The molecule has 0 spiro atoms. The first-order valence-electron chi connectivity index (χ1n) is 5.97. The lowest BCUT2D eigenvalue weighted by molar-refractivity contribution is 0.340. The molecule has 2 rings (SSSR count). The minimum Gasteiger partial charge on any atom is -0.467 e. The number of nitrogens with zero attached hydrogens (tertiary/aromatic N) is 3. The predicted molar refractivity (Wildman–Crippen MR) is 68.5 cm³/mol. The summed E-state index contributed by atoms with van der Waals surface area (Å²) in [7, 11) is 3.01. The highest BCUT2D eigenvalue weighted by Gasteiger charge is 2.24. The zero-order chi connectivity index (χ0) is 13.0. The molecule has 1 fully saturated rings. The van der Waals surface area contributed by atoms with Crippen LogP contribution in [0.2, 0.25) is 0 Å². The molecule has 18 heavy (non-hydrogen) atoms. The van der Waals surface area contributed by atoms with E-state index in [-0.39, 0.29) is 23.4 Å². The number of aromatic nitrogens is 3. The second kappa shape index (κ2) is 6.04. The zero-order valence-corrected chi connectivity index (χ0v) is 11.3. The van der Waals surface area contributed by atoms with E-state index in [0.29, 0.717) is 5.95 Å². The molecule has 1 heterocycles. The third-order valence-corrected chi connectivity index (χ3v) is 3.48. The first-order chi connectivity index (χ1) is 8.72. The van der Waals surface area contributed by atoms with Gasteiger partial charge in [0.25, 0.3) is 0 Å². The maximum atomic E-state index is 6.28. The van der Waals surface area contributed by atoms with Gasteiger partial charge in [-0.2, -0.15) is 9.97 Å². The molecule has 0 aromatic carbocycles. The molecule has 2 unspecified atom stereocenters. The Balaban J connectivity index is 2.12. The van der Waals surface area contributed by atoms with Crippen LogP contribution in [0.25, 0.3) is 0 Å². The number of hydrogen-bond acceptors (Lipinski definition) is 6. The van der Waals surface area contributed by atoms with Gasteiger partial charge in [-0.05, 0) is 12.8 Å². The van der Waals surface area contributed by atoms with Crippen LogP contribution in [0, 0.1) is 0 Å². The normalized spacial score (nSPS) is 23.5. The third kappa shape index (κ3) is 3.13. The van der Waals surface area contributed by atoms with Crippen LogP contribution in [0.5, 0.6) is 12.0 Å². The Morgan fingerprint density at radius 3 is 2.22 bits per heavy atom. The number of rotatable bonds is 4. The average Bonchev–Trinajstić information content (AvgIpc) is 2.41. The largest absolute Gasteiger partial charge is 0.467 e. The van der Waals surface area contributed by atoms with Gasteiger partial charge in [-0.15, -0.1) is 16.6 Å². The second-order valence-corrected chi connectivity index (χ2v) is 4.74. The van der Waals surface area contributed by atoms with Gasteiger partial charge < -0.3 is 14.8 Å². The summed E-state index contributed by atoms with van der Waals surface area (Å²) in [4.78, 5) is 12.2.